The number of non-ortho nitro benzene ring substituents is 1. The lowest BCUT2D eigenvalue weighted by Crippen LogP contribution is -2.18. The highest BCUT2D eigenvalue weighted by atomic mass is 32.1. The average molecular weight is 343 g/mol. The number of furan rings is 1. The largest absolute Gasteiger partial charge is 0.458 e. The van der Waals surface area contributed by atoms with Crippen molar-refractivity contribution in [1.29, 1.82) is 0 Å². The molecule has 1 N–H and O–H groups in total. The third-order valence-corrected chi connectivity index (χ3v) is 4.13. The maximum absolute atomic E-state index is 10.9. The van der Waals surface area contributed by atoms with Crippen LogP contribution in [0.1, 0.15) is 12.7 Å². The van der Waals surface area contributed by atoms with Crippen LogP contribution in [0.5, 0.6) is 0 Å². The maximum Gasteiger partial charge on any atom is 0.270 e. The Balaban J connectivity index is 1.82. The summed E-state index contributed by atoms with van der Waals surface area (Å²) in [5, 5.41) is 16.0. The van der Waals surface area contributed by atoms with Gasteiger partial charge in [-0.3, -0.25) is 14.9 Å². The smallest absolute Gasteiger partial charge is 0.270 e. The van der Waals surface area contributed by atoms with E-state index in [9.17, 15) is 14.9 Å². The van der Waals surface area contributed by atoms with Crippen LogP contribution in [-0.4, -0.2) is 15.8 Å². The number of amides is 1. The molecule has 0 radical (unpaired) electrons. The van der Waals surface area contributed by atoms with Gasteiger partial charge in [0.25, 0.3) is 5.69 Å². The Hall–Kier alpha value is -3.00. The van der Waals surface area contributed by atoms with E-state index in [4.69, 9.17) is 4.42 Å². The number of nitro groups is 1. The van der Waals surface area contributed by atoms with Crippen LogP contribution in [0.3, 0.4) is 0 Å². The quantitative estimate of drug-likeness (QED) is 0.563. The fourth-order valence-corrected chi connectivity index (χ4v) is 2.90. The molecular weight excluding hydrogens is 330 g/mol. The molecule has 1 amide bonds. The molecule has 24 heavy (non-hydrogen) atoms. The number of nitrogens with one attached hydrogen (secondary N) is 1. The molecule has 0 atom stereocenters. The van der Waals surface area contributed by atoms with E-state index in [1.54, 1.807) is 24.3 Å². The van der Waals surface area contributed by atoms with Crippen molar-refractivity contribution in [3.8, 4) is 22.0 Å². The van der Waals surface area contributed by atoms with Crippen LogP contribution in [0.25, 0.3) is 22.0 Å². The summed E-state index contributed by atoms with van der Waals surface area (Å²) in [5.74, 6) is 1.09. The van der Waals surface area contributed by atoms with Crippen molar-refractivity contribution in [3.05, 3.63) is 57.7 Å². The van der Waals surface area contributed by atoms with Crippen LogP contribution in [0, 0.1) is 10.1 Å². The summed E-state index contributed by atoms with van der Waals surface area (Å²) < 4.78 is 5.65. The molecule has 0 aliphatic carbocycles. The fourth-order valence-electron chi connectivity index (χ4n) is 2.09. The number of aromatic nitrogens is 1. The summed E-state index contributed by atoms with van der Waals surface area (Å²) in [6.45, 7) is 1.76. The molecule has 7 nitrogen and oxygen atoms in total. The van der Waals surface area contributed by atoms with Crippen LogP contribution in [0.15, 0.2) is 46.2 Å². The summed E-state index contributed by atoms with van der Waals surface area (Å²) in [5.41, 5.74) is 1.36. The molecule has 8 heteroatoms. The lowest BCUT2D eigenvalue weighted by atomic mass is 10.2. The van der Waals surface area contributed by atoms with Gasteiger partial charge in [-0.25, -0.2) is 4.98 Å². The fraction of sp³-hybridized carbons (Fsp3) is 0.125. The van der Waals surface area contributed by atoms with Crippen LogP contribution < -0.4 is 5.32 Å². The van der Waals surface area contributed by atoms with E-state index >= 15 is 0 Å². The first-order valence-electron chi connectivity index (χ1n) is 7.07. The summed E-state index contributed by atoms with van der Waals surface area (Å²) in [4.78, 5) is 25.8. The SMILES string of the molecule is CC(=O)NCc1ccc(-c2csc(-c3cccc([N+](=O)[O-])c3)n2)o1. The predicted molar refractivity (Wildman–Crippen MR) is 89.4 cm³/mol. The minimum atomic E-state index is -0.432. The number of rotatable bonds is 5. The number of carbonyl (C=O) groups is 1. The highest BCUT2D eigenvalue weighted by molar-refractivity contribution is 7.13. The molecule has 0 saturated heterocycles. The molecule has 2 aromatic heterocycles. The highest BCUT2D eigenvalue weighted by Crippen LogP contribution is 2.31. The van der Waals surface area contributed by atoms with Gasteiger partial charge in [-0.15, -0.1) is 11.3 Å². The number of carbonyl (C=O) groups excluding carboxylic acids is 1. The van der Waals surface area contributed by atoms with Crippen molar-refractivity contribution in [2.45, 2.75) is 13.5 Å². The summed E-state index contributed by atoms with van der Waals surface area (Å²) in [7, 11) is 0. The van der Waals surface area contributed by atoms with Crippen molar-refractivity contribution in [2.24, 2.45) is 0 Å². The summed E-state index contributed by atoms with van der Waals surface area (Å²) in [6.07, 6.45) is 0. The van der Waals surface area contributed by atoms with Gasteiger partial charge >= 0.3 is 0 Å². The highest BCUT2D eigenvalue weighted by Gasteiger charge is 2.13. The predicted octanol–water partition coefficient (Wildman–Crippen LogP) is 3.61. The number of hydrogen-bond donors (Lipinski definition) is 1. The Labute approximate surface area is 141 Å². The second-order valence-corrected chi connectivity index (χ2v) is 5.88. The number of thiazole rings is 1. The van der Waals surface area contributed by atoms with Gasteiger partial charge in [-0.05, 0) is 12.1 Å². The van der Waals surface area contributed by atoms with E-state index in [0.29, 0.717) is 34.3 Å². The van der Waals surface area contributed by atoms with Crippen molar-refractivity contribution in [3.63, 3.8) is 0 Å². The van der Waals surface area contributed by atoms with Gasteiger partial charge in [0, 0.05) is 30.0 Å². The first-order valence-corrected chi connectivity index (χ1v) is 7.95. The zero-order chi connectivity index (χ0) is 17.1. The normalized spacial score (nSPS) is 10.5. The lowest BCUT2D eigenvalue weighted by Gasteiger charge is -1.97. The Morgan fingerprint density at radius 3 is 2.96 bits per heavy atom. The molecule has 0 fully saturated rings. The van der Waals surface area contributed by atoms with Gasteiger partial charge in [0.1, 0.15) is 16.5 Å². The minimum absolute atomic E-state index is 0.0276. The average Bonchev–Trinajstić information content (AvgIpc) is 3.22. The number of hydrogen-bond acceptors (Lipinski definition) is 6. The van der Waals surface area contributed by atoms with Crippen LogP contribution in [0.2, 0.25) is 0 Å². The zero-order valence-corrected chi connectivity index (χ0v) is 13.5. The monoisotopic (exact) mass is 343 g/mol. The maximum atomic E-state index is 10.9. The second kappa shape index (κ2) is 6.63. The first kappa shape index (κ1) is 15.9. The van der Waals surface area contributed by atoms with E-state index in [1.807, 2.05) is 5.38 Å². The number of nitro benzene ring substituents is 1. The third kappa shape index (κ3) is 3.49. The van der Waals surface area contributed by atoms with Gasteiger partial charge in [0.2, 0.25) is 5.91 Å². The second-order valence-electron chi connectivity index (χ2n) is 5.02. The van der Waals surface area contributed by atoms with Crippen LogP contribution >= 0.6 is 11.3 Å². The van der Waals surface area contributed by atoms with Crippen LogP contribution in [-0.2, 0) is 11.3 Å². The van der Waals surface area contributed by atoms with Crippen molar-refractivity contribution < 1.29 is 14.1 Å². The summed E-state index contributed by atoms with van der Waals surface area (Å²) in [6, 6.07) is 9.90. The molecule has 0 unspecified atom stereocenters. The molecule has 0 aliphatic rings. The van der Waals surface area contributed by atoms with Gasteiger partial charge in [0.15, 0.2) is 5.76 Å². The van der Waals surface area contributed by atoms with Gasteiger partial charge in [-0.2, -0.15) is 0 Å². The standard InChI is InChI=1S/C16H13N3O4S/c1-10(20)17-8-13-5-6-15(23-13)14-9-24-16(18-14)11-3-2-4-12(7-11)19(21)22/h2-7,9H,8H2,1H3,(H,17,20). The van der Waals surface area contributed by atoms with E-state index in [1.165, 1.54) is 30.4 Å². The Bertz CT molecular complexity index is 900. The topological polar surface area (TPSA) is 98.3 Å². The Kier molecular flexibility index (Phi) is 4.39. The zero-order valence-electron chi connectivity index (χ0n) is 12.7. The minimum Gasteiger partial charge on any atom is -0.458 e. The van der Waals surface area contributed by atoms with Crippen LogP contribution in [0.4, 0.5) is 5.69 Å². The van der Waals surface area contributed by atoms with Gasteiger partial charge in [-0.1, -0.05) is 12.1 Å². The van der Waals surface area contributed by atoms with Gasteiger partial charge in [0.05, 0.1) is 11.5 Å². The van der Waals surface area contributed by atoms with Crippen molar-refractivity contribution >= 4 is 22.9 Å². The molecule has 2 heterocycles. The molecular formula is C16H13N3O4S. The van der Waals surface area contributed by atoms with E-state index in [2.05, 4.69) is 10.3 Å². The third-order valence-electron chi connectivity index (χ3n) is 3.23. The molecule has 0 bridgehead atoms. The molecule has 0 spiro atoms. The Morgan fingerprint density at radius 2 is 2.21 bits per heavy atom. The van der Waals surface area contributed by atoms with Crippen molar-refractivity contribution in [2.75, 3.05) is 0 Å². The van der Waals surface area contributed by atoms with Crippen molar-refractivity contribution in [1.82, 2.24) is 10.3 Å². The van der Waals surface area contributed by atoms with E-state index in [-0.39, 0.29) is 11.6 Å². The summed E-state index contributed by atoms with van der Waals surface area (Å²) >= 11 is 1.38. The number of benzene rings is 1. The lowest BCUT2D eigenvalue weighted by molar-refractivity contribution is -0.384. The molecule has 122 valence electrons. The molecule has 0 saturated carbocycles. The molecule has 0 aliphatic heterocycles. The molecule has 1 aromatic carbocycles. The van der Waals surface area contributed by atoms with Gasteiger partial charge < -0.3 is 9.73 Å². The first-order chi connectivity index (χ1) is 11.5. The van der Waals surface area contributed by atoms with E-state index in [0.717, 1.165) is 0 Å². The molecule has 3 aromatic rings. The Morgan fingerprint density at radius 1 is 1.38 bits per heavy atom. The molecule has 3 rings (SSSR count). The van der Waals surface area contributed by atoms with E-state index < -0.39 is 4.92 Å². The number of nitrogens with zero attached hydrogens (tertiary/aromatic N) is 2.